The van der Waals surface area contributed by atoms with Gasteiger partial charge >= 0.3 is 206 Å². The molecule has 0 heterocycles. The molecule has 0 atom stereocenters. The van der Waals surface area contributed by atoms with E-state index in [2.05, 4.69) is 18.9 Å². The number of ether oxygens (including phenoxy) is 4. The molecule has 0 spiro atoms. The van der Waals surface area contributed by atoms with E-state index in [1.165, 1.54) is 0 Å². The number of esters is 4. The van der Waals surface area contributed by atoms with Crippen molar-refractivity contribution in [3.63, 3.8) is 0 Å². The predicted molar refractivity (Wildman–Crippen MR) is 84.4 cm³/mol. The quantitative estimate of drug-likeness (QED) is 0.0878. The summed E-state index contributed by atoms with van der Waals surface area (Å²) >= 11 is 1.72. The van der Waals surface area contributed by atoms with Crippen LogP contribution in [0.15, 0.2) is 11.1 Å². The molecule has 0 amide bonds. The van der Waals surface area contributed by atoms with E-state index >= 15 is 0 Å². The molecule has 0 aliphatic rings. The number of alkyl halides is 12. The van der Waals surface area contributed by atoms with Crippen LogP contribution in [0.4, 0.5) is 52.7 Å². The van der Waals surface area contributed by atoms with Crippen molar-refractivity contribution in [1.29, 1.82) is 0 Å². The van der Waals surface area contributed by atoms with E-state index in [0.29, 0.717) is 0 Å². The van der Waals surface area contributed by atoms with Crippen LogP contribution in [-0.2, 0) is 56.9 Å². The molecule has 0 saturated heterocycles. The fraction of sp³-hybridized carbons (Fsp3) is 0.500. The Kier molecular flexibility index (Phi) is 12.1. The summed E-state index contributed by atoms with van der Waals surface area (Å²) in [5, 5.41) is 0. The summed E-state index contributed by atoms with van der Waals surface area (Å²) in [5.74, 6) is -9.52. The van der Waals surface area contributed by atoms with Crippen LogP contribution in [0.2, 0.25) is 0 Å². The van der Waals surface area contributed by atoms with Crippen LogP contribution in [0, 0.1) is 6.42 Å². The van der Waals surface area contributed by atoms with Crippen LogP contribution < -0.4 is 0 Å². The van der Waals surface area contributed by atoms with E-state index in [0.717, 1.165) is 0 Å². The third-order valence-electron chi connectivity index (χ3n) is 2.81. The van der Waals surface area contributed by atoms with Gasteiger partial charge in [0.2, 0.25) is 0 Å². The molecule has 0 radical (unpaired) electrons. The fourth-order valence-electron chi connectivity index (χ4n) is 1.60. The molecule has 0 N–H and O–H groups in total. The molecule has 0 bridgehead atoms. The predicted octanol–water partition coefficient (Wildman–Crippen LogP) is 2.63. The molecule has 0 unspecified atom stereocenters. The summed E-state index contributed by atoms with van der Waals surface area (Å²) in [6.45, 7) is -9.81. The Labute approximate surface area is 206 Å². The molecule has 0 aromatic carbocycles. The zero-order valence-electron chi connectivity index (χ0n) is 17.0. The molecule has 0 saturated carbocycles. The average molecular weight is 664 g/mol. The van der Waals surface area contributed by atoms with E-state index < -0.39 is 96.6 Å². The molecule has 0 aromatic rings. The van der Waals surface area contributed by atoms with Gasteiger partial charge in [-0.2, -0.15) is 0 Å². The Hall–Kier alpha value is -2.82. The van der Waals surface area contributed by atoms with Crippen LogP contribution in [0.25, 0.3) is 0 Å². The normalized spacial score (nSPS) is 13.2. The second-order valence-electron chi connectivity index (χ2n) is 6.01. The Morgan fingerprint density at radius 1 is 0.541 bits per heavy atom. The van der Waals surface area contributed by atoms with E-state index in [1.54, 1.807) is 18.7 Å². The van der Waals surface area contributed by atoms with E-state index in [4.69, 9.17) is 0 Å². The van der Waals surface area contributed by atoms with Gasteiger partial charge in [0.1, 0.15) is 0 Å². The monoisotopic (exact) mass is 663 g/mol. The van der Waals surface area contributed by atoms with Crippen LogP contribution in [0.3, 0.4) is 0 Å². The van der Waals surface area contributed by atoms with Crippen molar-refractivity contribution < 1.29 is 110 Å². The number of hydrogen-bond acceptors (Lipinski definition) is 8. The van der Waals surface area contributed by atoms with Gasteiger partial charge in [-0.15, -0.1) is 0 Å². The Bertz CT molecular complexity index is 915. The SMILES string of the molecule is O=C([CH-]/C(C(=O)OCC(F)(F)F)=C(/C(=O)OCC(F)(F)F)[C](=[Pd])C(=O)OCC(F)(F)F)OCC(F)(F)F. The number of rotatable bonds is 10. The van der Waals surface area contributed by atoms with Gasteiger partial charge < -0.3 is 0 Å². The first-order valence-corrected chi connectivity index (χ1v) is 9.23. The molecule has 0 aromatic heterocycles. The van der Waals surface area contributed by atoms with E-state index in [9.17, 15) is 71.9 Å². The van der Waals surface area contributed by atoms with Gasteiger partial charge in [0.25, 0.3) is 0 Å². The third-order valence-corrected chi connectivity index (χ3v) is 3.51. The van der Waals surface area contributed by atoms with Crippen LogP contribution in [-0.4, -0.2) is 79.0 Å². The van der Waals surface area contributed by atoms with Crippen LogP contribution in [0.5, 0.6) is 0 Å². The van der Waals surface area contributed by atoms with Crippen molar-refractivity contribution in [2.75, 3.05) is 26.4 Å². The van der Waals surface area contributed by atoms with Crippen LogP contribution >= 0.6 is 0 Å². The minimum atomic E-state index is -5.32. The van der Waals surface area contributed by atoms with Gasteiger partial charge in [-0.05, 0) is 0 Å². The second kappa shape index (κ2) is 13.1. The molecule has 8 nitrogen and oxygen atoms in total. The van der Waals surface area contributed by atoms with Gasteiger partial charge in [-0.3, -0.25) is 0 Å². The third kappa shape index (κ3) is 15.8. The first-order chi connectivity index (χ1) is 16.4. The number of hydrogen-bond donors (Lipinski definition) is 0. The Morgan fingerprint density at radius 3 is 1.24 bits per heavy atom. The summed E-state index contributed by atoms with van der Waals surface area (Å²) in [7, 11) is 0. The van der Waals surface area contributed by atoms with Crippen molar-refractivity contribution in [3.8, 4) is 0 Å². The first kappa shape index (κ1) is 34.2. The molecule has 0 fully saturated rings. The van der Waals surface area contributed by atoms with Crippen molar-refractivity contribution in [2.24, 2.45) is 0 Å². The molecule has 21 heteroatoms. The Balaban J connectivity index is 6.57. The van der Waals surface area contributed by atoms with Crippen molar-refractivity contribution in [3.05, 3.63) is 17.6 Å². The zero-order chi connectivity index (χ0) is 29.4. The summed E-state index contributed by atoms with van der Waals surface area (Å²) in [6.07, 6.45) is -21.6. The maximum absolute atomic E-state index is 12.4. The maximum atomic E-state index is 12.4. The standard InChI is InChI=1S/C16H9F12O8.Pd/c17-13(18,19)3-33-9(29)1-7(11(31)35-5-15(23,24)25)8(12(32)36-6-16(26,27)28)2-10(30)34-4-14(20,21)22;/h1H,3-6H2;/q-1;/b8-7-;. The number of carbonyl (C=O) groups is 4. The van der Waals surface area contributed by atoms with Crippen molar-refractivity contribution in [1.82, 2.24) is 0 Å². The molecule has 0 rings (SSSR count). The topological polar surface area (TPSA) is 105 Å². The number of halogens is 12. The molecular formula is C16H9F12O8Pd-. The van der Waals surface area contributed by atoms with E-state index in [1.807, 2.05) is 0 Å². The van der Waals surface area contributed by atoms with Gasteiger partial charge in [0.15, 0.2) is 0 Å². The summed E-state index contributed by atoms with van der Waals surface area (Å²) < 4.78 is 161. The minimum absolute atomic E-state index is 0.515. The summed E-state index contributed by atoms with van der Waals surface area (Å²) in [5.41, 5.74) is -3.95. The van der Waals surface area contributed by atoms with Crippen LogP contribution in [0.1, 0.15) is 0 Å². The van der Waals surface area contributed by atoms with Gasteiger partial charge in [0.05, 0.1) is 0 Å². The number of carbonyl (C=O) groups excluding carboxylic acids is 4. The molecule has 0 aliphatic carbocycles. The molecule has 216 valence electrons. The summed E-state index contributed by atoms with van der Waals surface area (Å²) in [6, 6.07) is 0. The molecule has 0 aliphatic heterocycles. The van der Waals surface area contributed by atoms with Gasteiger partial charge in [-0.1, -0.05) is 0 Å². The average Bonchev–Trinajstić information content (AvgIpc) is 2.70. The molecule has 37 heavy (non-hydrogen) atoms. The van der Waals surface area contributed by atoms with Crippen molar-refractivity contribution in [2.45, 2.75) is 24.7 Å². The fourth-order valence-corrected chi connectivity index (χ4v) is 2.08. The van der Waals surface area contributed by atoms with Gasteiger partial charge in [0, 0.05) is 0 Å². The van der Waals surface area contributed by atoms with Crippen molar-refractivity contribution >= 4 is 27.9 Å². The zero-order valence-corrected chi connectivity index (χ0v) is 18.6. The first-order valence-electron chi connectivity index (χ1n) is 8.46. The van der Waals surface area contributed by atoms with Gasteiger partial charge in [-0.25, -0.2) is 0 Å². The summed E-state index contributed by atoms with van der Waals surface area (Å²) in [4.78, 5) is 47.7. The Morgan fingerprint density at radius 2 is 0.865 bits per heavy atom. The molecular weight excluding hydrogens is 655 g/mol. The van der Waals surface area contributed by atoms with E-state index in [-0.39, 0.29) is 0 Å². The second-order valence-corrected chi connectivity index (χ2v) is 6.79.